The lowest BCUT2D eigenvalue weighted by molar-refractivity contribution is 0.716. The Bertz CT molecular complexity index is 572. The zero-order chi connectivity index (χ0) is 12.3. The first-order valence-corrected chi connectivity index (χ1v) is 5.96. The van der Waals surface area contributed by atoms with Crippen LogP contribution in [0, 0.1) is 0 Å². The fourth-order valence-electron chi connectivity index (χ4n) is 2.12. The van der Waals surface area contributed by atoms with Crippen molar-refractivity contribution in [3.63, 3.8) is 0 Å². The van der Waals surface area contributed by atoms with E-state index in [-0.39, 0.29) is 5.56 Å². The number of aryl methyl sites for hydroxylation is 2. The van der Waals surface area contributed by atoms with Crippen LogP contribution < -0.4 is 10.9 Å². The molecule has 17 heavy (non-hydrogen) atoms. The third-order valence-electron chi connectivity index (χ3n) is 3.08. The summed E-state index contributed by atoms with van der Waals surface area (Å²) >= 11 is 0. The van der Waals surface area contributed by atoms with E-state index in [1.54, 1.807) is 4.57 Å². The number of pyridine rings is 1. The van der Waals surface area contributed by atoms with Crippen LogP contribution in [0.4, 0.5) is 0 Å². The first-order valence-electron chi connectivity index (χ1n) is 5.96. The van der Waals surface area contributed by atoms with E-state index in [1.165, 1.54) is 0 Å². The van der Waals surface area contributed by atoms with Crippen molar-refractivity contribution in [2.45, 2.75) is 12.8 Å². The van der Waals surface area contributed by atoms with Crippen LogP contribution in [0.1, 0.15) is 12.0 Å². The molecule has 0 amide bonds. The average molecular weight is 230 g/mol. The van der Waals surface area contributed by atoms with Gasteiger partial charge in [-0.2, -0.15) is 0 Å². The lowest BCUT2D eigenvalue weighted by atomic mass is 10.1. The predicted octanol–water partition coefficient (Wildman–Crippen LogP) is 1.69. The van der Waals surface area contributed by atoms with Crippen molar-refractivity contribution in [2.75, 3.05) is 13.6 Å². The van der Waals surface area contributed by atoms with Crippen LogP contribution in [0.5, 0.6) is 0 Å². The minimum absolute atomic E-state index is 0.125. The van der Waals surface area contributed by atoms with Gasteiger partial charge in [-0.25, -0.2) is 0 Å². The standard InChI is InChI=1S/C14H18N2O/c1-15-9-5-7-12-10-11-6-3-4-8-13(11)16(2)14(12)17/h3-4,6,8,10,15H,5,7,9H2,1-2H3. The molecule has 0 unspecified atom stereocenters. The van der Waals surface area contributed by atoms with Crippen molar-refractivity contribution >= 4 is 10.9 Å². The summed E-state index contributed by atoms with van der Waals surface area (Å²) in [5.41, 5.74) is 2.02. The van der Waals surface area contributed by atoms with Crippen molar-refractivity contribution in [3.05, 3.63) is 46.2 Å². The molecule has 3 nitrogen and oxygen atoms in total. The largest absolute Gasteiger partial charge is 0.320 e. The Kier molecular flexibility index (Phi) is 3.59. The summed E-state index contributed by atoms with van der Waals surface area (Å²) in [5.74, 6) is 0. The quantitative estimate of drug-likeness (QED) is 0.811. The molecule has 0 bridgehead atoms. The zero-order valence-corrected chi connectivity index (χ0v) is 10.4. The molecule has 1 N–H and O–H groups in total. The Labute approximate surface area is 101 Å². The van der Waals surface area contributed by atoms with Crippen LogP contribution in [0.25, 0.3) is 10.9 Å². The average Bonchev–Trinajstić information content (AvgIpc) is 2.35. The van der Waals surface area contributed by atoms with Crippen molar-refractivity contribution in [3.8, 4) is 0 Å². The molecule has 0 radical (unpaired) electrons. The maximum Gasteiger partial charge on any atom is 0.253 e. The Hall–Kier alpha value is -1.61. The fraction of sp³-hybridized carbons (Fsp3) is 0.357. The summed E-state index contributed by atoms with van der Waals surface area (Å²) in [6, 6.07) is 10.0. The van der Waals surface area contributed by atoms with E-state index in [0.29, 0.717) is 0 Å². The highest BCUT2D eigenvalue weighted by atomic mass is 16.1. The van der Waals surface area contributed by atoms with Crippen LogP contribution in [0.3, 0.4) is 0 Å². The van der Waals surface area contributed by atoms with E-state index in [4.69, 9.17) is 0 Å². The number of nitrogens with one attached hydrogen (secondary N) is 1. The molecule has 0 saturated heterocycles. The van der Waals surface area contributed by atoms with Gasteiger partial charge in [-0.1, -0.05) is 18.2 Å². The SMILES string of the molecule is CNCCCc1cc2ccccc2n(C)c1=O. The van der Waals surface area contributed by atoms with Gasteiger partial charge >= 0.3 is 0 Å². The number of benzene rings is 1. The summed E-state index contributed by atoms with van der Waals surface area (Å²) in [4.78, 5) is 12.1. The second kappa shape index (κ2) is 5.15. The van der Waals surface area contributed by atoms with Gasteiger partial charge in [-0.15, -0.1) is 0 Å². The number of aromatic nitrogens is 1. The van der Waals surface area contributed by atoms with Crippen LogP contribution in [0.15, 0.2) is 35.1 Å². The van der Waals surface area contributed by atoms with Gasteiger partial charge in [0.2, 0.25) is 0 Å². The third-order valence-corrected chi connectivity index (χ3v) is 3.08. The molecule has 1 aromatic carbocycles. The Morgan fingerprint density at radius 1 is 1.29 bits per heavy atom. The van der Waals surface area contributed by atoms with E-state index in [9.17, 15) is 4.79 Å². The minimum Gasteiger partial charge on any atom is -0.320 e. The normalized spacial score (nSPS) is 10.9. The van der Waals surface area contributed by atoms with Crippen molar-refractivity contribution in [1.29, 1.82) is 0 Å². The van der Waals surface area contributed by atoms with Gasteiger partial charge in [-0.05, 0) is 44.0 Å². The maximum atomic E-state index is 12.1. The van der Waals surface area contributed by atoms with Gasteiger partial charge < -0.3 is 9.88 Å². The molecule has 0 fully saturated rings. The molecule has 90 valence electrons. The molecular weight excluding hydrogens is 212 g/mol. The van der Waals surface area contributed by atoms with Gasteiger partial charge in [0, 0.05) is 12.6 Å². The Balaban J connectivity index is 2.43. The first-order chi connectivity index (χ1) is 8.24. The third kappa shape index (κ3) is 2.39. The number of hydrogen-bond donors (Lipinski definition) is 1. The Morgan fingerprint density at radius 3 is 2.82 bits per heavy atom. The predicted molar refractivity (Wildman–Crippen MR) is 71.4 cm³/mol. The lowest BCUT2D eigenvalue weighted by Crippen LogP contribution is -2.22. The lowest BCUT2D eigenvalue weighted by Gasteiger charge is -2.08. The molecule has 0 aliphatic carbocycles. The molecular formula is C14H18N2O. The second-order valence-corrected chi connectivity index (χ2v) is 4.30. The van der Waals surface area contributed by atoms with Crippen LogP contribution in [-0.4, -0.2) is 18.2 Å². The van der Waals surface area contributed by atoms with Gasteiger partial charge in [0.1, 0.15) is 0 Å². The summed E-state index contributed by atoms with van der Waals surface area (Å²) in [7, 11) is 3.77. The molecule has 3 heteroatoms. The summed E-state index contributed by atoms with van der Waals surface area (Å²) in [5, 5.41) is 4.23. The number of nitrogens with zero attached hydrogens (tertiary/aromatic N) is 1. The van der Waals surface area contributed by atoms with E-state index >= 15 is 0 Å². The molecule has 2 rings (SSSR count). The Morgan fingerprint density at radius 2 is 2.06 bits per heavy atom. The van der Waals surface area contributed by atoms with Gasteiger partial charge in [0.05, 0.1) is 5.52 Å². The molecule has 2 aromatic rings. The van der Waals surface area contributed by atoms with Crippen LogP contribution in [0.2, 0.25) is 0 Å². The van der Waals surface area contributed by atoms with Crippen LogP contribution in [-0.2, 0) is 13.5 Å². The fourth-order valence-corrected chi connectivity index (χ4v) is 2.12. The van der Waals surface area contributed by atoms with Gasteiger partial charge in [-0.3, -0.25) is 4.79 Å². The topological polar surface area (TPSA) is 34.0 Å². The smallest absolute Gasteiger partial charge is 0.253 e. The molecule has 1 aromatic heterocycles. The highest BCUT2D eigenvalue weighted by molar-refractivity contribution is 5.79. The second-order valence-electron chi connectivity index (χ2n) is 4.30. The zero-order valence-electron chi connectivity index (χ0n) is 10.4. The summed E-state index contributed by atoms with van der Waals surface area (Å²) in [6.07, 6.45) is 1.82. The van der Waals surface area contributed by atoms with Gasteiger partial charge in [0.15, 0.2) is 0 Å². The molecule has 0 saturated carbocycles. The highest BCUT2D eigenvalue weighted by Crippen LogP contribution is 2.12. The number of rotatable bonds is 4. The molecule has 0 aliphatic rings. The first kappa shape index (κ1) is 11.9. The molecule has 0 aliphatic heterocycles. The number of fused-ring (bicyclic) bond motifs is 1. The van der Waals surface area contributed by atoms with E-state index in [1.807, 2.05) is 38.4 Å². The van der Waals surface area contributed by atoms with Crippen LogP contribution >= 0.6 is 0 Å². The number of para-hydroxylation sites is 1. The van der Waals surface area contributed by atoms with E-state index in [2.05, 4.69) is 11.4 Å². The summed E-state index contributed by atoms with van der Waals surface area (Å²) in [6.45, 7) is 0.940. The minimum atomic E-state index is 0.125. The maximum absolute atomic E-state index is 12.1. The molecule has 1 heterocycles. The monoisotopic (exact) mass is 230 g/mol. The van der Waals surface area contributed by atoms with Gasteiger partial charge in [0.25, 0.3) is 5.56 Å². The van der Waals surface area contributed by atoms with Crippen molar-refractivity contribution < 1.29 is 0 Å². The highest BCUT2D eigenvalue weighted by Gasteiger charge is 2.05. The van der Waals surface area contributed by atoms with E-state index < -0.39 is 0 Å². The molecule has 0 spiro atoms. The van der Waals surface area contributed by atoms with E-state index in [0.717, 1.165) is 35.9 Å². The summed E-state index contributed by atoms with van der Waals surface area (Å²) < 4.78 is 1.74. The van der Waals surface area contributed by atoms with Crippen molar-refractivity contribution in [2.24, 2.45) is 7.05 Å². The number of hydrogen-bond acceptors (Lipinski definition) is 2. The van der Waals surface area contributed by atoms with Crippen molar-refractivity contribution in [1.82, 2.24) is 9.88 Å². The molecule has 0 atom stereocenters.